The summed E-state index contributed by atoms with van der Waals surface area (Å²) < 4.78 is 5.41. The zero-order chi connectivity index (χ0) is 18.9. The number of nitrogens with one attached hydrogen (secondary N) is 2. The van der Waals surface area contributed by atoms with E-state index in [-0.39, 0.29) is 11.8 Å². The number of para-hydroxylation sites is 1. The van der Waals surface area contributed by atoms with Gasteiger partial charge in [0.25, 0.3) is 0 Å². The third-order valence-electron chi connectivity index (χ3n) is 5.67. The fraction of sp³-hybridized carbons (Fsp3) is 0.364. The summed E-state index contributed by atoms with van der Waals surface area (Å²) in [4.78, 5) is 23.0. The number of rotatable bonds is 5. The SMILES string of the molecule is O=C1Nc2ccccc2C1c1nc2ccc(CCCN3CCOCC3)cc2[nH]1. The first kappa shape index (κ1) is 17.4. The average Bonchev–Trinajstić information content (AvgIpc) is 3.27. The third kappa shape index (κ3) is 3.30. The maximum Gasteiger partial charge on any atom is 0.239 e. The number of hydrogen-bond acceptors (Lipinski definition) is 4. The first-order chi connectivity index (χ1) is 13.8. The molecule has 0 spiro atoms. The second kappa shape index (κ2) is 7.37. The van der Waals surface area contributed by atoms with Crippen LogP contribution in [0.4, 0.5) is 5.69 Å². The molecule has 2 aromatic carbocycles. The molecule has 6 heteroatoms. The molecule has 3 aromatic rings. The molecule has 0 aliphatic carbocycles. The van der Waals surface area contributed by atoms with Gasteiger partial charge in [-0.05, 0) is 48.7 Å². The molecule has 1 aromatic heterocycles. The molecule has 2 aliphatic rings. The van der Waals surface area contributed by atoms with Gasteiger partial charge in [0.05, 0.1) is 24.2 Å². The first-order valence-electron chi connectivity index (χ1n) is 9.96. The van der Waals surface area contributed by atoms with Crippen molar-refractivity contribution in [3.8, 4) is 0 Å². The Morgan fingerprint density at radius 3 is 2.89 bits per heavy atom. The highest BCUT2D eigenvalue weighted by Gasteiger charge is 2.33. The summed E-state index contributed by atoms with van der Waals surface area (Å²) in [5.41, 5.74) is 5.06. The minimum Gasteiger partial charge on any atom is -0.379 e. The van der Waals surface area contributed by atoms with Crippen LogP contribution in [-0.4, -0.2) is 53.6 Å². The van der Waals surface area contributed by atoms with Gasteiger partial charge in [-0.3, -0.25) is 9.69 Å². The van der Waals surface area contributed by atoms with E-state index >= 15 is 0 Å². The molecule has 0 bridgehead atoms. The van der Waals surface area contributed by atoms with Gasteiger partial charge in [-0.15, -0.1) is 0 Å². The minimum absolute atomic E-state index is 0.0222. The summed E-state index contributed by atoms with van der Waals surface area (Å²) in [5, 5.41) is 2.95. The molecule has 0 radical (unpaired) electrons. The Labute approximate surface area is 163 Å². The number of aromatic nitrogens is 2. The number of hydrogen-bond donors (Lipinski definition) is 2. The Kier molecular flexibility index (Phi) is 4.58. The summed E-state index contributed by atoms with van der Waals surface area (Å²) in [6, 6.07) is 14.2. The van der Waals surface area contributed by atoms with Crippen molar-refractivity contribution in [2.45, 2.75) is 18.8 Å². The van der Waals surface area contributed by atoms with Gasteiger partial charge < -0.3 is 15.0 Å². The summed E-state index contributed by atoms with van der Waals surface area (Å²) >= 11 is 0. The van der Waals surface area contributed by atoms with Crippen LogP contribution < -0.4 is 5.32 Å². The average molecular weight is 376 g/mol. The Bertz CT molecular complexity index is 1010. The van der Waals surface area contributed by atoms with Crippen LogP contribution >= 0.6 is 0 Å². The van der Waals surface area contributed by atoms with Gasteiger partial charge in [-0.25, -0.2) is 4.98 Å². The van der Waals surface area contributed by atoms with E-state index in [1.165, 1.54) is 5.56 Å². The maximum absolute atomic E-state index is 12.5. The van der Waals surface area contributed by atoms with Crippen molar-refractivity contribution < 1.29 is 9.53 Å². The van der Waals surface area contributed by atoms with E-state index in [2.05, 4.69) is 33.4 Å². The molecule has 0 saturated carbocycles. The van der Waals surface area contributed by atoms with Crippen LogP contribution in [-0.2, 0) is 16.0 Å². The lowest BCUT2D eigenvalue weighted by molar-refractivity contribution is -0.116. The maximum atomic E-state index is 12.5. The van der Waals surface area contributed by atoms with Crippen molar-refractivity contribution >= 4 is 22.6 Å². The molecule has 144 valence electrons. The number of anilines is 1. The van der Waals surface area contributed by atoms with Crippen LogP contribution in [0, 0.1) is 0 Å². The highest BCUT2D eigenvalue weighted by molar-refractivity contribution is 6.04. The molecule has 1 unspecified atom stereocenters. The fourth-order valence-corrected chi connectivity index (χ4v) is 4.18. The molecule has 5 rings (SSSR count). The molecular formula is C22H24N4O2. The lowest BCUT2D eigenvalue weighted by Crippen LogP contribution is -2.36. The van der Waals surface area contributed by atoms with Gasteiger partial charge in [0.2, 0.25) is 5.91 Å². The number of H-pyrrole nitrogens is 1. The van der Waals surface area contributed by atoms with Crippen molar-refractivity contribution in [2.75, 3.05) is 38.2 Å². The molecule has 2 N–H and O–H groups in total. The highest BCUT2D eigenvalue weighted by atomic mass is 16.5. The van der Waals surface area contributed by atoms with Crippen molar-refractivity contribution in [1.29, 1.82) is 0 Å². The normalized spacial score (nSPS) is 19.7. The van der Waals surface area contributed by atoms with E-state index in [4.69, 9.17) is 9.72 Å². The number of amides is 1. The predicted octanol–water partition coefficient (Wildman–Crippen LogP) is 2.91. The third-order valence-corrected chi connectivity index (χ3v) is 5.67. The summed E-state index contributed by atoms with van der Waals surface area (Å²) in [6.45, 7) is 4.87. The van der Waals surface area contributed by atoms with E-state index in [1.54, 1.807) is 0 Å². The molecule has 1 atom stereocenters. The van der Waals surface area contributed by atoms with E-state index in [1.807, 2.05) is 24.3 Å². The van der Waals surface area contributed by atoms with Gasteiger partial charge in [-0.1, -0.05) is 24.3 Å². The predicted molar refractivity (Wildman–Crippen MR) is 109 cm³/mol. The zero-order valence-corrected chi connectivity index (χ0v) is 15.8. The van der Waals surface area contributed by atoms with Crippen molar-refractivity contribution in [3.05, 3.63) is 59.4 Å². The standard InChI is InChI=1S/C22H24N4O2/c27-22-20(16-5-1-2-6-17(16)25-22)21-23-18-8-7-15(14-19(18)24-21)4-3-9-26-10-12-28-13-11-26/h1-2,5-8,14,20H,3-4,9-13H2,(H,23,24)(H,25,27). The topological polar surface area (TPSA) is 70.2 Å². The summed E-state index contributed by atoms with van der Waals surface area (Å²) in [5.74, 6) is 0.322. The zero-order valence-electron chi connectivity index (χ0n) is 15.8. The number of carbonyl (C=O) groups excluding carboxylic acids is 1. The van der Waals surface area contributed by atoms with Gasteiger partial charge >= 0.3 is 0 Å². The number of aromatic amines is 1. The van der Waals surface area contributed by atoms with Crippen LogP contribution in [0.2, 0.25) is 0 Å². The van der Waals surface area contributed by atoms with Gasteiger partial charge in [0.15, 0.2) is 0 Å². The largest absolute Gasteiger partial charge is 0.379 e. The lowest BCUT2D eigenvalue weighted by atomic mass is 10.0. The quantitative estimate of drug-likeness (QED) is 0.718. The summed E-state index contributed by atoms with van der Waals surface area (Å²) in [6.07, 6.45) is 2.17. The number of benzene rings is 2. The number of fused-ring (bicyclic) bond motifs is 2. The molecule has 6 nitrogen and oxygen atoms in total. The van der Waals surface area contributed by atoms with Gasteiger partial charge in [0.1, 0.15) is 11.7 Å². The Morgan fingerprint density at radius 1 is 1.14 bits per heavy atom. The smallest absolute Gasteiger partial charge is 0.239 e. The summed E-state index contributed by atoms with van der Waals surface area (Å²) in [7, 11) is 0. The lowest BCUT2D eigenvalue weighted by Gasteiger charge is -2.26. The number of morpholine rings is 1. The van der Waals surface area contributed by atoms with E-state index in [0.717, 1.165) is 68.0 Å². The Morgan fingerprint density at radius 2 is 2.00 bits per heavy atom. The van der Waals surface area contributed by atoms with Crippen LogP contribution in [0.25, 0.3) is 11.0 Å². The molecule has 1 amide bonds. The van der Waals surface area contributed by atoms with Crippen molar-refractivity contribution in [3.63, 3.8) is 0 Å². The number of nitrogens with zero attached hydrogens (tertiary/aromatic N) is 2. The van der Waals surface area contributed by atoms with Gasteiger partial charge in [0, 0.05) is 18.8 Å². The molecule has 1 saturated heterocycles. The molecule has 1 fully saturated rings. The number of imidazole rings is 1. The van der Waals surface area contributed by atoms with Crippen LogP contribution in [0.1, 0.15) is 29.3 Å². The second-order valence-electron chi connectivity index (χ2n) is 7.54. The molecule has 28 heavy (non-hydrogen) atoms. The van der Waals surface area contributed by atoms with Crippen LogP contribution in [0.15, 0.2) is 42.5 Å². The monoisotopic (exact) mass is 376 g/mol. The highest BCUT2D eigenvalue weighted by Crippen LogP contribution is 2.36. The van der Waals surface area contributed by atoms with Crippen molar-refractivity contribution in [2.24, 2.45) is 0 Å². The first-order valence-corrected chi connectivity index (χ1v) is 9.96. The van der Waals surface area contributed by atoms with E-state index < -0.39 is 0 Å². The number of aryl methyl sites for hydroxylation is 1. The molecule has 3 heterocycles. The second-order valence-corrected chi connectivity index (χ2v) is 7.54. The minimum atomic E-state index is -0.367. The van der Waals surface area contributed by atoms with Crippen LogP contribution in [0.5, 0.6) is 0 Å². The van der Waals surface area contributed by atoms with Gasteiger partial charge in [-0.2, -0.15) is 0 Å². The number of carbonyl (C=O) groups is 1. The Hall–Kier alpha value is -2.70. The van der Waals surface area contributed by atoms with E-state index in [9.17, 15) is 4.79 Å². The molecule has 2 aliphatic heterocycles. The Balaban J connectivity index is 1.32. The van der Waals surface area contributed by atoms with E-state index in [0.29, 0.717) is 5.82 Å². The molecular weight excluding hydrogens is 352 g/mol. The number of ether oxygens (including phenoxy) is 1. The van der Waals surface area contributed by atoms with Crippen molar-refractivity contribution in [1.82, 2.24) is 14.9 Å². The fourth-order valence-electron chi connectivity index (χ4n) is 4.18. The van der Waals surface area contributed by atoms with Crippen LogP contribution in [0.3, 0.4) is 0 Å².